The molecule has 1 fully saturated rings. The van der Waals surface area contributed by atoms with Crippen LogP contribution in [0, 0.1) is 0 Å². The first-order chi connectivity index (χ1) is 17.7. The highest BCUT2D eigenvalue weighted by molar-refractivity contribution is 5.83. The van der Waals surface area contributed by atoms with Crippen molar-refractivity contribution in [3.63, 3.8) is 0 Å². The highest BCUT2D eigenvalue weighted by Crippen LogP contribution is 2.26. The van der Waals surface area contributed by atoms with E-state index in [1.54, 1.807) is 23.6 Å². The molecule has 10 heteroatoms. The van der Waals surface area contributed by atoms with Crippen LogP contribution in [0.3, 0.4) is 0 Å². The van der Waals surface area contributed by atoms with Gasteiger partial charge in [0.1, 0.15) is 17.7 Å². The number of nitrogens with one attached hydrogen (secondary N) is 2. The number of pyridine rings is 1. The molecule has 1 unspecified atom stereocenters. The Morgan fingerprint density at radius 3 is 2.59 bits per heavy atom. The maximum atomic E-state index is 12.4. The molecule has 1 aliphatic rings. The van der Waals surface area contributed by atoms with Gasteiger partial charge in [0.15, 0.2) is 0 Å². The van der Waals surface area contributed by atoms with Crippen LogP contribution in [0.15, 0.2) is 55.1 Å². The monoisotopic (exact) mass is 500 g/mol. The average Bonchev–Trinajstić information content (AvgIpc) is 3.29. The van der Waals surface area contributed by atoms with Crippen LogP contribution in [-0.4, -0.2) is 72.6 Å². The maximum absolute atomic E-state index is 12.4. The van der Waals surface area contributed by atoms with Crippen molar-refractivity contribution in [2.75, 3.05) is 31.5 Å². The van der Waals surface area contributed by atoms with Gasteiger partial charge in [-0.15, -0.1) is 0 Å². The second-order valence-corrected chi connectivity index (χ2v) is 10.2. The molecule has 37 heavy (non-hydrogen) atoms. The van der Waals surface area contributed by atoms with E-state index in [0.717, 1.165) is 40.9 Å². The molecule has 1 amide bonds. The summed E-state index contributed by atoms with van der Waals surface area (Å²) in [7, 11) is 0. The summed E-state index contributed by atoms with van der Waals surface area (Å²) in [6.07, 6.45) is 4.83. The third kappa shape index (κ3) is 5.86. The number of carbonyl (C=O) groups excluding carboxylic acids is 1. The molecule has 10 nitrogen and oxygen atoms in total. The molecule has 0 aliphatic carbocycles. The number of ether oxygens (including phenoxy) is 1. The largest absolute Gasteiger partial charge is 0.444 e. The number of fused-ring (bicyclic) bond motifs is 1. The highest BCUT2D eigenvalue weighted by atomic mass is 16.6. The predicted molar refractivity (Wildman–Crippen MR) is 142 cm³/mol. The zero-order chi connectivity index (χ0) is 26.0. The molecule has 1 atom stereocenters. The lowest BCUT2D eigenvalue weighted by Gasteiger charge is -2.38. The third-order valence-electron chi connectivity index (χ3n) is 6.39. The first kappa shape index (κ1) is 24.6. The molecule has 4 aromatic rings. The minimum atomic E-state index is -0.485. The van der Waals surface area contributed by atoms with E-state index in [2.05, 4.69) is 42.1 Å². The fourth-order valence-electron chi connectivity index (χ4n) is 4.42. The molecular weight excluding hydrogens is 468 g/mol. The van der Waals surface area contributed by atoms with Crippen LogP contribution in [0.4, 0.5) is 16.6 Å². The lowest BCUT2D eigenvalue weighted by molar-refractivity contribution is 0.0110. The number of aromatic amines is 1. The summed E-state index contributed by atoms with van der Waals surface area (Å²) in [5.74, 6) is 1.34. The number of benzene rings is 1. The summed E-state index contributed by atoms with van der Waals surface area (Å²) < 4.78 is 5.52. The summed E-state index contributed by atoms with van der Waals surface area (Å²) in [5.41, 5.74) is 4.27. The Kier molecular flexibility index (Phi) is 6.75. The van der Waals surface area contributed by atoms with Crippen LogP contribution < -0.4 is 5.32 Å². The highest BCUT2D eigenvalue weighted by Gasteiger charge is 2.28. The smallest absolute Gasteiger partial charge is 0.410 e. The van der Waals surface area contributed by atoms with E-state index < -0.39 is 5.60 Å². The van der Waals surface area contributed by atoms with Gasteiger partial charge >= 0.3 is 6.09 Å². The molecule has 5 rings (SSSR count). The van der Waals surface area contributed by atoms with Crippen molar-refractivity contribution >= 4 is 28.9 Å². The second-order valence-electron chi connectivity index (χ2n) is 10.2. The Hall–Kier alpha value is -4.05. The Bertz CT molecular complexity index is 1370. The second kappa shape index (κ2) is 10.1. The number of rotatable bonds is 5. The normalized spacial score (nSPS) is 15.5. The fourth-order valence-corrected chi connectivity index (χ4v) is 4.42. The number of carbonyl (C=O) groups is 1. The Labute approximate surface area is 216 Å². The van der Waals surface area contributed by atoms with Crippen molar-refractivity contribution < 1.29 is 9.53 Å². The van der Waals surface area contributed by atoms with Crippen molar-refractivity contribution in [2.24, 2.45) is 0 Å². The van der Waals surface area contributed by atoms with E-state index in [4.69, 9.17) is 4.74 Å². The van der Waals surface area contributed by atoms with Gasteiger partial charge in [-0.3, -0.25) is 4.90 Å². The molecule has 1 aliphatic heterocycles. The van der Waals surface area contributed by atoms with Crippen molar-refractivity contribution in [1.82, 2.24) is 34.7 Å². The van der Waals surface area contributed by atoms with Gasteiger partial charge in [-0.1, -0.05) is 6.07 Å². The maximum Gasteiger partial charge on any atom is 0.410 e. The van der Waals surface area contributed by atoms with E-state index >= 15 is 0 Å². The third-order valence-corrected chi connectivity index (χ3v) is 6.39. The van der Waals surface area contributed by atoms with Crippen LogP contribution >= 0.6 is 0 Å². The number of amides is 1. The standard InChI is InChI=1S/C27H32N8O2/c1-18(34-11-13-35(14-12-34)26(36)37-27(2,3)4)19-7-10-29-24(16-19)33-25-31-22-6-5-20(15-23(22)32-25)21-8-9-28-17-30-21/h5-10,15-18H,11-14H2,1-4H3,(H2,29,31,32,33). The molecule has 192 valence electrons. The van der Waals surface area contributed by atoms with E-state index in [9.17, 15) is 4.79 Å². The van der Waals surface area contributed by atoms with Crippen LogP contribution in [-0.2, 0) is 4.74 Å². The zero-order valence-electron chi connectivity index (χ0n) is 21.6. The van der Waals surface area contributed by atoms with Gasteiger partial charge < -0.3 is 19.9 Å². The van der Waals surface area contributed by atoms with Gasteiger partial charge in [0.25, 0.3) is 0 Å². The fraction of sp³-hybridized carbons (Fsp3) is 0.370. The van der Waals surface area contributed by atoms with E-state index in [1.165, 1.54) is 0 Å². The average molecular weight is 501 g/mol. The molecule has 0 radical (unpaired) electrons. The minimum Gasteiger partial charge on any atom is -0.444 e. The van der Waals surface area contributed by atoms with Crippen molar-refractivity contribution in [3.05, 3.63) is 60.7 Å². The summed E-state index contributed by atoms with van der Waals surface area (Å²) in [5, 5.41) is 3.30. The first-order valence-electron chi connectivity index (χ1n) is 12.5. The molecule has 4 heterocycles. The lowest BCUT2D eigenvalue weighted by atomic mass is 10.1. The molecule has 0 bridgehead atoms. The summed E-state index contributed by atoms with van der Waals surface area (Å²) in [6.45, 7) is 10.7. The van der Waals surface area contributed by atoms with Gasteiger partial charge in [-0.2, -0.15) is 0 Å². The molecule has 2 N–H and O–H groups in total. The Balaban J connectivity index is 1.24. The van der Waals surface area contributed by atoms with Crippen molar-refractivity contribution in [3.8, 4) is 11.3 Å². The molecule has 0 spiro atoms. The number of hydrogen-bond acceptors (Lipinski definition) is 8. The van der Waals surface area contributed by atoms with E-state index in [0.29, 0.717) is 24.9 Å². The van der Waals surface area contributed by atoms with Crippen LogP contribution in [0.25, 0.3) is 22.3 Å². The van der Waals surface area contributed by atoms with Crippen LogP contribution in [0.5, 0.6) is 0 Å². The number of piperazine rings is 1. The number of imidazole rings is 1. The van der Waals surface area contributed by atoms with E-state index in [-0.39, 0.29) is 12.1 Å². The molecule has 1 aromatic carbocycles. The quantitative estimate of drug-likeness (QED) is 0.403. The van der Waals surface area contributed by atoms with Gasteiger partial charge in [-0.05, 0) is 63.6 Å². The topological polar surface area (TPSA) is 112 Å². The SMILES string of the molecule is CC(c1ccnc(Nc2nc3ccc(-c4ccncn4)cc3[nH]2)c1)N1CCN(C(=O)OC(C)(C)C)CC1. The summed E-state index contributed by atoms with van der Waals surface area (Å²) >= 11 is 0. The Morgan fingerprint density at radius 2 is 1.86 bits per heavy atom. The number of aromatic nitrogens is 5. The van der Waals surface area contributed by atoms with Gasteiger partial charge in [0.05, 0.1) is 16.7 Å². The molecular formula is C27H32N8O2. The van der Waals surface area contributed by atoms with Crippen LogP contribution in [0.1, 0.15) is 39.3 Å². The summed E-state index contributed by atoms with van der Waals surface area (Å²) in [6, 6.07) is 12.1. The van der Waals surface area contributed by atoms with Crippen molar-refractivity contribution in [2.45, 2.75) is 39.3 Å². The lowest BCUT2D eigenvalue weighted by Crippen LogP contribution is -2.50. The van der Waals surface area contributed by atoms with Gasteiger partial charge in [0, 0.05) is 50.2 Å². The molecule has 1 saturated heterocycles. The number of nitrogens with zero attached hydrogens (tertiary/aromatic N) is 6. The van der Waals surface area contributed by atoms with Crippen LogP contribution in [0.2, 0.25) is 0 Å². The minimum absolute atomic E-state index is 0.176. The summed E-state index contributed by atoms with van der Waals surface area (Å²) in [4.78, 5) is 37.3. The number of hydrogen-bond donors (Lipinski definition) is 2. The molecule has 0 saturated carbocycles. The first-order valence-corrected chi connectivity index (χ1v) is 12.5. The van der Waals surface area contributed by atoms with E-state index in [1.807, 2.05) is 57.2 Å². The predicted octanol–water partition coefficient (Wildman–Crippen LogP) is 4.77. The van der Waals surface area contributed by atoms with Gasteiger partial charge in [0.2, 0.25) is 5.95 Å². The zero-order valence-corrected chi connectivity index (χ0v) is 21.6. The number of H-pyrrole nitrogens is 1. The molecule has 3 aromatic heterocycles. The van der Waals surface area contributed by atoms with Crippen molar-refractivity contribution in [1.29, 1.82) is 0 Å². The number of anilines is 2. The van der Waals surface area contributed by atoms with Gasteiger partial charge in [-0.25, -0.2) is 24.7 Å². The Morgan fingerprint density at radius 1 is 1.05 bits per heavy atom.